The summed E-state index contributed by atoms with van der Waals surface area (Å²) in [4.78, 5) is 11.1. The second-order valence-corrected chi connectivity index (χ2v) is 9.27. The zero-order chi connectivity index (χ0) is 21.7. The predicted molar refractivity (Wildman–Crippen MR) is 112 cm³/mol. The van der Waals surface area contributed by atoms with Crippen LogP contribution in [0.3, 0.4) is 0 Å². The van der Waals surface area contributed by atoms with E-state index < -0.39 is 14.9 Å². The number of nitrogens with zero attached hydrogens (tertiary/aromatic N) is 2. The van der Waals surface area contributed by atoms with E-state index in [1.54, 1.807) is 7.11 Å². The van der Waals surface area contributed by atoms with Crippen LogP contribution in [0.1, 0.15) is 43.2 Å². The number of anilines is 1. The lowest BCUT2D eigenvalue weighted by atomic mass is 10.1. The van der Waals surface area contributed by atoms with Gasteiger partial charge in [-0.25, -0.2) is 8.42 Å². The molecule has 164 valence electrons. The van der Waals surface area contributed by atoms with E-state index in [1.807, 2.05) is 19.1 Å². The number of sulfonamides is 1. The van der Waals surface area contributed by atoms with Crippen LogP contribution in [0.15, 0.2) is 39.6 Å². The van der Waals surface area contributed by atoms with E-state index in [9.17, 15) is 18.5 Å². The summed E-state index contributed by atoms with van der Waals surface area (Å²) < 4.78 is 38.1. The summed E-state index contributed by atoms with van der Waals surface area (Å²) in [7, 11) is -2.19. The van der Waals surface area contributed by atoms with E-state index in [0.29, 0.717) is 31.9 Å². The minimum Gasteiger partial charge on any atom is -0.464 e. The number of rotatable bonds is 9. The van der Waals surface area contributed by atoms with Gasteiger partial charge in [-0.2, -0.15) is 4.31 Å². The molecular formula is C20H27N3O6S. The zero-order valence-corrected chi connectivity index (χ0v) is 18.0. The maximum atomic E-state index is 12.9. The molecule has 1 saturated heterocycles. The molecule has 0 amide bonds. The first-order valence-corrected chi connectivity index (χ1v) is 11.4. The highest BCUT2D eigenvalue weighted by Gasteiger charge is 2.29. The fraction of sp³-hybridized carbons (Fsp3) is 0.500. The van der Waals surface area contributed by atoms with Crippen LogP contribution in [-0.4, -0.2) is 44.5 Å². The zero-order valence-electron chi connectivity index (χ0n) is 17.2. The Balaban J connectivity index is 1.91. The Morgan fingerprint density at radius 1 is 1.23 bits per heavy atom. The molecule has 1 aliphatic heterocycles. The van der Waals surface area contributed by atoms with Gasteiger partial charge in [0.25, 0.3) is 5.69 Å². The molecule has 30 heavy (non-hydrogen) atoms. The van der Waals surface area contributed by atoms with Crippen molar-refractivity contribution in [3.63, 3.8) is 0 Å². The number of methoxy groups -OCH3 is 1. The van der Waals surface area contributed by atoms with Crippen molar-refractivity contribution in [3.8, 4) is 0 Å². The van der Waals surface area contributed by atoms with Gasteiger partial charge in [0.2, 0.25) is 10.0 Å². The third kappa shape index (κ3) is 5.00. The first-order valence-electron chi connectivity index (χ1n) is 9.93. The molecule has 0 aliphatic carbocycles. The molecule has 1 aromatic heterocycles. The first kappa shape index (κ1) is 22.3. The van der Waals surface area contributed by atoms with E-state index in [2.05, 4.69) is 5.32 Å². The van der Waals surface area contributed by atoms with Crippen LogP contribution >= 0.6 is 0 Å². The van der Waals surface area contributed by atoms with Crippen molar-refractivity contribution in [2.24, 2.45) is 0 Å². The van der Waals surface area contributed by atoms with Crippen LogP contribution in [-0.2, 0) is 14.8 Å². The van der Waals surface area contributed by atoms with Crippen LogP contribution in [0.5, 0.6) is 0 Å². The van der Waals surface area contributed by atoms with Crippen LogP contribution in [0, 0.1) is 17.0 Å². The maximum absolute atomic E-state index is 12.9. The molecule has 1 N–H and O–H groups in total. The number of furan rings is 1. The topological polar surface area (TPSA) is 115 Å². The van der Waals surface area contributed by atoms with Crippen molar-refractivity contribution in [3.05, 3.63) is 52.0 Å². The van der Waals surface area contributed by atoms with Gasteiger partial charge < -0.3 is 14.5 Å². The van der Waals surface area contributed by atoms with Gasteiger partial charge in [-0.05, 0) is 50.5 Å². The van der Waals surface area contributed by atoms with Crippen molar-refractivity contribution in [1.82, 2.24) is 4.31 Å². The fourth-order valence-electron chi connectivity index (χ4n) is 3.55. The number of aryl methyl sites for hydroxylation is 1. The molecule has 1 aromatic carbocycles. The Morgan fingerprint density at radius 3 is 2.57 bits per heavy atom. The number of ether oxygens (including phenoxy) is 1. The Hall–Kier alpha value is -2.43. The Kier molecular flexibility index (Phi) is 7.11. The number of hydrogen-bond donors (Lipinski definition) is 1. The average Bonchev–Trinajstić information content (AvgIpc) is 3.17. The van der Waals surface area contributed by atoms with Gasteiger partial charge in [-0.1, -0.05) is 6.42 Å². The largest absolute Gasteiger partial charge is 0.464 e. The minimum absolute atomic E-state index is 0.0658. The SMILES string of the molecule is COCCC(Nc1ccc(S(=O)(=O)N2CCCCC2)cc1[N+](=O)[O-])c1ccc(C)o1. The van der Waals surface area contributed by atoms with Gasteiger partial charge in [0.1, 0.15) is 17.2 Å². The second-order valence-electron chi connectivity index (χ2n) is 7.33. The highest BCUT2D eigenvalue weighted by Crippen LogP contribution is 2.33. The van der Waals surface area contributed by atoms with Gasteiger partial charge in [0, 0.05) is 32.9 Å². The summed E-state index contributed by atoms with van der Waals surface area (Å²) in [6.07, 6.45) is 3.11. The minimum atomic E-state index is -3.76. The number of nitro benzene ring substituents is 1. The van der Waals surface area contributed by atoms with Crippen LogP contribution in [0.25, 0.3) is 0 Å². The second kappa shape index (κ2) is 9.59. The summed E-state index contributed by atoms with van der Waals surface area (Å²) in [5.41, 5.74) is -0.0634. The molecule has 3 rings (SSSR count). The lowest BCUT2D eigenvalue weighted by Crippen LogP contribution is -2.35. The first-order chi connectivity index (χ1) is 14.3. The third-order valence-electron chi connectivity index (χ3n) is 5.16. The summed E-state index contributed by atoms with van der Waals surface area (Å²) in [5, 5.41) is 14.9. The van der Waals surface area contributed by atoms with Crippen LogP contribution in [0.4, 0.5) is 11.4 Å². The van der Waals surface area contributed by atoms with Gasteiger partial charge in [0.05, 0.1) is 15.9 Å². The van der Waals surface area contributed by atoms with Crippen molar-refractivity contribution in [2.75, 3.05) is 32.1 Å². The lowest BCUT2D eigenvalue weighted by Gasteiger charge is -2.26. The van der Waals surface area contributed by atoms with Crippen molar-refractivity contribution in [2.45, 2.75) is 43.5 Å². The fourth-order valence-corrected chi connectivity index (χ4v) is 5.09. The summed E-state index contributed by atoms with van der Waals surface area (Å²) in [5.74, 6) is 1.36. The molecule has 0 spiro atoms. The molecule has 1 fully saturated rings. The van der Waals surface area contributed by atoms with E-state index in [-0.39, 0.29) is 22.3 Å². The van der Waals surface area contributed by atoms with E-state index in [1.165, 1.54) is 16.4 Å². The van der Waals surface area contributed by atoms with Gasteiger partial charge >= 0.3 is 0 Å². The molecule has 1 aliphatic rings. The molecule has 0 bridgehead atoms. The van der Waals surface area contributed by atoms with Crippen molar-refractivity contribution < 1.29 is 22.5 Å². The monoisotopic (exact) mass is 437 g/mol. The Labute approximate surface area is 176 Å². The van der Waals surface area contributed by atoms with Crippen LogP contribution in [0.2, 0.25) is 0 Å². The summed E-state index contributed by atoms with van der Waals surface area (Å²) in [6, 6.07) is 7.27. The number of benzene rings is 1. The molecular weight excluding hydrogens is 410 g/mol. The van der Waals surface area contributed by atoms with Gasteiger partial charge in [-0.3, -0.25) is 10.1 Å². The average molecular weight is 438 g/mol. The Bertz CT molecular complexity index is 982. The lowest BCUT2D eigenvalue weighted by molar-refractivity contribution is -0.384. The van der Waals surface area contributed by atoms with Gasteiger partial charge in [-0.15, -0.1) is 0 Å². The maximum Gasteiger partial charge on any atom is 0.293 e. The van der Waals surface area contributed by atoms with E-state index >= 15 is 0 Å². The molecule has 9 nitrogen and oxygen atoms in total. The molecule has 10 heteroatoms. The Morgan fingerprint density at radius 2 is 1.97 bits per heavy atom. The van der Waals surface area contributed by atoms with Gasteiger partial charge in [0.15, 0.2) is 0 Å². The highest BCUT2D eigenvalue weighted by atomic mass is 32.2. The van der Waals surface area contributed by atoms with Crippen molar-refractivity contribution in [1.29, 1.82) is 0 Å². The smallest absolute Gasteiger partial charge is 0.293 e. The molecule has 2 heterocycles. The predicted octanol–water partition coefficient (Wildman–Crippen LogP) is 3.86. The van der Waals surface area contributed by atoms with Crippen LogP contribution < -0.4 is 5.32 Å². The number of hydrogen-bond acceptors (Lipinski definition) is 7. The number of nitro groups is 1. The standard InChI is InChI=1S/C20H27N3O6S/c1-15-6-9-20(29-15)18(10-13-28-2)21-17-8-7-16(14-19(17)23(24)25)30(26,27)22-11-4-3-5-12-22/h6-9,14,18,21H,3-5,10-13H2,1-2H3. The normalized spacial score (nSPS) is 16.3. The summed E-state index contributed by atoms with van der Waals surface area (Å²) >= 11 is 0. The molecule has 0 saturated carbocycles. The third-order valence-corrected chi connectivity index (χ3v) is 7.06. The van der Waals surface area contributed by atoms with Crippen molar-refractivity contribution >= 4 is 21.4 Å². The molecule has 2 aromatic rings. The molecule has 1 unspecified atom stereocenters. The quantitative estimate of drug-likeness (QED) is 0.468. The number of nitrogens with one attached hydrogen (secondary N) is 1. The number of piperidine rings is 1. The molecule has 0 radical (unpaired) electrons. The summed E-state index contributed by atoms with van der Waals surface area (Å²) in [6.45, 7) is 3.12. The highest BCUT2D eigenvalue weighted by molar-refractivity contribution is 7.89. The molecule has 1 atom stereocenters. The van der Waals surface area contributed by atoms with E-state index in [0.717, 1.165) is 31.1 Å². The van der Waals surface area contributed by atoms with E-state index in [4.69, 9.17) is 9.15 Å².